The molecule has 30 heavy (non-hydrogen) atoms. The maximum absolute atomic E-state index is 12.6. The van der Waals surface area contributed by atoms with Crippen molar-refractivity contribution in [3.63, 3.8) is 0 Å². The minimum atomic E-state index is -4.66. The molecule has 158 valence electrons. The molecule has 1 aliphatic rings. The number of benzene rings is 1. The predicted molar refractivity (Wildman–Crippen MR) is 111 cm³/mol. The van der Waals surface area contributed by atoms with Gasteiger partial charge in [0.05, 0.1) is 15.5 Å². The van der Waals surface area contributed by atoms with E-state index in [0.717, 1.165) is 35.7 Å². The molecule has 1 N–H and O–H groups in total. The van der Waals surface area contributed by atoms with Crippen LogP contribution in [0.4, 0.5) is 14.5 Å². The van der Waals surface area contributed by atoms with E-state index >= 15 is 0 Å². The molecule has 2 heterocycles. The molecule has 2 aromatic heterocycles. The Bertz CT molecular complexity index is 1140. The minimum Gasteiger partial charge on any atom is -0.325 e. The van der Waals surface area contributed by atoms with Crippen molar-refractivity contribution in [1.29, 1.82) is 0 Å². The molecular formula is C18H16F2N4O3S3. The monoisotopic (exact) mass is 470 g/mol. The first-order chi connectivity index (χ1) is 14.4. The van der Waals surface area contributed by atoms with Crippen LogP contribution in [0.3, 0.4) is 0 Å². The molecule has 12 heteroatoms. The zero-order chi connectivity index (χ0) is 21.3. The van der Waals surface area contributed by atoms with Gasteiger partial charge in [0.25, 0.3) is 0 Å². The van der Waals surface area contributed by atoms with Gasteiger partial charge in [-0.1, -0.05) is 17.8 Å². The number of carbonyl (C=O) groups is 1. The first-order valence-corrected chi connectivity index (χ1v) is 12.3. The lowest BCUT2D eigenvalue weighted by atomic mass is 10.3. The third-order valence-electron chi connectivity index (χ3n) is 4.35. The number of aromatic nitrogens is 3. The van der Waals surface area contributed by atoms with Crippen molar-refractivity contribution in [2.75, 3.05) is 11.1 Å². The van der Waals surface area contributed by atoms with E-state index < -0.39 is 20.5 Å². The van der Waals surface area contributed by atoms with Gasteiger partial charge in [0, 0.05) is 11.7 Å². The summed E-state index contributed by atoms with van der Waals surface area (Å²) in [5, 5.41) is 13.8. The van der Waals surface area contributed by atoms with Gasteiger partial charge in [-0.25, -0.2) is 8.42 Å². The Labute approximate surface area is 179 Å². The van der Waals surface area contributed by atoms with Crippen molar-refractivity contribution in [1.82, 2.24) is 14.8 Å². The van der Waals surface area contributed by atoms with Gasteiger partial charge in [0.15, 0.2) is 11.0 Å². The van der Waals surface area contributed by atoms with Crippen molar-refractivity contribution >= 4 is 44.5 Å². The summed E-state index contributed by atoms with van der Waals surface area (Å²) in [5.74, 6) is -2.94. The second-order valence-electron chi connectivity index (χ2n) is 6.55. The number of nitrogens with one attached hydrogen (secondary N) is 1. The fourth-order valence-corrected chi connectivity index (χ4v) is 5.00. The number of sulfone groups is 1. The van der Waals surface area contributed by atoms with E-state index in [1.165, 1.54) is 23.9 Å². The van der Waals surface area contributed by atoms with Crippen molar-refractivity contribution in [3.8, 4) is 10.7 Å². The molecule has 1 aromatic carbocycles. The highest BCUT2D eigenvalue weighted by molar-refractivity contribution is 7.99. The molecule has 1 saturated carbocycles. The number of anilines is 1. The van der Waals surface area contributed by atoms with E-state index in [1.54, 1.807) is 11.3 Å². The zero-order valence-electron chi connectivity index (χ0n) is 15.4. The van der Waals surface area contributed by atoms with E-state index in [0.29, 0.717) is 16.9 Å². The summed E-state index contributed by atoms with van der Waals surface area (Å²) in [6.45, 7) is 0. The van der Waals surface area contributed by atoms with Crippen LogP contribution >= 0.6 is 23.1 Å². The van der Waals surface area contributed by atoms with Crippen LogP contribution in [0.25, 0.3) is 10.7 Å². The first kappa shape index (κ1) is 20.9. The predicted octanol–water partition coefficient (Wildman–Crippen LogP) is 4.07. The summed E-state index contributed by atoms with van der Waals surface area (Å²) < 4.78 is 50.1. The molecule has 1 aliphatic carbocycles. The third-order valence-corrected chi connectivity index (χ3v) is 7.56. The van der Waals surface area contributed by atoms with Gasteiger partial charge < -0.3 is 5.32 Å². The molecule has 3 aromatic rings. The number of halogens is 2. The van der Waals surface area contributed by atoms with Gasteiger partial charge in [-0.2, -0.15) is 8.78 Å². The van der Waals surface area contributed by atoms with E-state index in [-0.39, 0.29) is 11.7 Å². The number of hydrogen-bond acceptors (Lipinski definition) is 7. The molecule has 0 spiro atoms. The number of carbonyl (C=O) groups excluding carboxylic acids is 1. The largest absolute Gasteiger partial charge is 0.341 e. The molecule has 1 fully saturated rings. The number of thiophene rings is 1. The summed E-state index contributed by atoms with van der Waals surface area (Å²) >= 11 is 2.84. The second-order valence-corrected chi connectivity index (χ2v) is 10.4. The highest BCUT2D eigenvalue weighted by Crippen LogP contribution is 2.41. The van der Waals surface area contributed by atoms with Crippen LogP contribution in [0.2, 0.25) is 0 Å². The molecule has 7 nitrogen and oxygen atoms in total. The standard InChI is InChI=1S/C18H16F2N4O3S3/c19-17(20)30(26,27)13-7-3-11(4-8-13)21-15(25)10-29-18-23-22-16(14-2-1-9-28-14)24(18)12-5-6-12/h1-4,7-9,12,17H,5-6,10H2,(H,21,25). The van der Waals surface area contributed by atoms with Gasteiger partial charge in [-0.05, 0) is 48.6 Å². The van der Waals surface area contributed by atoms with Crippen LogP contribution in [0.1, 0.15) is 18.9 Å². The van der Waals surface area contributed by atoms with Crippen molar-refractivity contribution < 1.29 is 22.0 Å². The number of rotatable bonds is 8. The highest BCUT2D eigenvalue weighted by atomic mass is 32.2. The van der Waals surface area contributed by atoms with Gasteiger partial charge in [0.2, 0.25) is 15.7 Å². The Morgan fingerprint density at radius 2 is 1.97 bits per heavy atom. The number of nitrogens with zero attached hydrogens (tertiary/aromatic N) is 3. The number of hydrogen-bond donors (Lipinski definition) is 1. The average Bonchev–Trinajstić information content (AvgIpc) is 3.24. The SMILES string of the molecule is O=C(CSc1nnc(-c2cccs2)n1C1CC1)Nc1ccc(S(=O)(=O)C(F)F)cc1. The Morgan fingerprint density at radius 1 is 1.23 bits per heavy atom. The van der Waals surface area contributed by atoms with Crippen LogP contribution in [-0.2, 0) is 14.6 Å². The summed E-state index contributed by atoms with van der Waals surface area (Å²) in [5.41, 5.74) is 0.316. The lowest BCUT2D eigenvalue weighted by molar-refractivity contribution is -0.113. The highest BCUT2D eigenvalue weighted by Gasteiger charge is 2.30. The molecule has 0 atom stereocenters. The quantitative estimate of drug-likeness (QED) is 0.499. The normalized spacial score (nSPS) is 14.2. The first-order valence-electron chi connectivity index (χ1n) is 8.90. The summed E-state index contributed by atoms with van der Waals surface area (Å²) in [6.07, 6.45) is 2.09. The Kier molecular flexibility index (Phi) is 5.89. The summed E-state index contributed by atoms with van der Waals surface area (Å²) in [7, 11) is -4.66. The van der Waals surface area contributed by atoms with E-state index in [9.17, 15) is 22.0 Å². The smallest absolute Gasteiger partial charge is 0.325 e. The maximum atomic E-state index is 12.6. The van der Waals surface area contributed by atoms with Crippen LogP contribution in [-0.4, -0.2) is 40.6 Å². The molecular weight excluding hydrogens is 454 g/mol. The van der Waals surface area contributed by atoms with Gasteiger partial charge in [0.1, 0.15) is 0 Å². The van der Waals surface area contributed by atoms with Crippen LogP contribution < -0.4 is 5.32 Å². The van der Waals surface area contributed by atoms with Gasteiger partial charge in [-0.15, -0.1) is 21.5 Å². The molecule has 1 amide bonds. The van der Waals surface area contributed by atoms with E-state index in [2.05, 4.69) is 20.1 Å². The molecule has 0 aliphatic heterocycles. The van der Waals surface area contributed by atoms with Gasteiger partial charge >= 0.3 is 5.76 Å². The molecule has 0 saturated heterocycles. The number of amides is 1. The second kappa shape index (κ2) is 8.44. The summed E-state index contributed by atoms with van der Waals surface area (Å²) in [4.78, 5) is 12.8. The van der Waals surface area contributed by atoms with Crippen LogP contribution in [0.15, 0.2) is 51.8 Å². The fourth-order valence-electron chi connectivity index (χ4n) is 2.77. The number of alkyl halides is 2. The average molecular weight is 471 g/mol. The van der Waals surface area contributed by atoms with Crippen molar-refractivity contribution in [2.24, 2.45) is 0 Å². The van der Waals surface area contributed by atoms with E-state index in [4.69, 9.17) is 0 Å². The molecule has 4 rings (SSSR count). The molecule has 0 unspecified atom stereocenters. The third kappa shape index (κ3) is 4.40. The van der Waals surface area contributed by atoms with Crippen LogP contribution in [0.5, 0.6) is 0 Å². The lowest BCUT2D eigenvalue weighted by Crippen LogP contribution is -2.15. The fraction of sp³-hybridized carbons (Fsp3) is 0.278. The minimum absolute atomic E-state index is 0.0758. The topological polar surface area (TPSA) is 93.9 Å². The Balaban J connectivity index is 1.40. The Hall–Kier alpha value is -2.31. The van der Waals surface area contributed by atoms with E-state index in [1.807, 2.05) is 17.5 Å². The number of thioether (sulfide) groups is 1. The zero-order valence-corrected chi connectivity index (χ0v) is 17.8. The Morgan fingerprint density at radius 3 is 2.57 bits per heavy atom. The lowest BCUT2D eigenvalue weighted by Gasteiger charge is -2.09. The summed E-state index contributed by atoms with van der Waals surface area (Å²) in [6, 6.07) is 8.91. The van der Waals surface area contributed by atoms with Gasteiger partial charge in [-0.3, -0.25) is 9.36 Å². The maximum Gasteiger partial charge on any atom is 0.341 e. The van der Waals surface area contributed by atoms with Crippen molar-refractivity contribution in [3.05, 3.63) is 41.8 Å². The van der Waals surface area contributed by atoms with Crippen LogP contribution in [0, 0.1) is 0 Å². The van der Waals surface area contributed by atoms with Crippen molar-refractivity contribution in [2.45, 2.75) is 34.7 Å². The molecule has 0 radical (unpaired) electrons. The molecule has 0 bridgehead atoms.